The van der Waals surface area contributed by atoms with Crippen LogP contribution in [0.2, 0.25) is 0 Å². The molecule has 144 valence electrons. The van der Waals surface area contributed by atoms with Crippen molar-refractivity contribution in [2.75, 3.05) is 0 Å². The largest absolute Gasteiger partial charge is 0.416 e. The van der Waals surface area contributed by atoms with E-state index in [0.717, 1.165) is 17.7 Å². The van der Waals surface area contributed by atoms with Crippen LogP contribution in [0.15, 0.2) is 73.1 Å². The fraction of sp³-hybridized carbons (Fsp3) is 0.143. The number of rotatable bonds is 5. The zero-order valence-corrected chi connectivity index (χ0v) is 15.0. The molecule has 7 heteroatoms. The van der Waals surface area contributed by atoms with Gasteiger partial charge in [0.1, 0.15) is 11.9 Å². The molecule has 0 aliphatic carbocycles. The Morgan fingerprint density at radius 3 is 2.36 bits per heavy atom. The molecule has 0 radical (unpaired) electrons. The van der Waals surface area contributed by atoms with Gasteiger partial charge < -0.3 is 9.88 Å². The maximum Gasteiger partial charge on any atom is 0.416 e. The number of amides is 1. The third-order valence-corrected chi connectivity index (χ3v) is 4.20. The molecular formula is C21H18F3N3O. The minimum Gasteiger partial charge on any atom is -0.339 e. The van der Waals surface area contributed by atoms with Gasteiger partial charge in [-0.25, -0.2) is 4.98 Å². The lowest BCUT2D eigenvalue weighted by molar-refractivity contribution is -0.137. The van der Waals surface area contributed by atoms with E-state index in [9.17, 15) is 18.0 Å². The number of benzene rings is 2. The molecule has 0 spiro atoms. The van der Waals surface area contributed by atoms with Crippen molar-refractivity contribution in [2.24, 2.45) is 7.05 Å². The van der Waals surface area contributed by atoms with Gasteiger partial charge in [-0.15, -0.1) is 0 Å². The van der Waals surface area contributed by atoms with Crippen LogP contribution >= 0.6 is 0 Å². The fourth-order valence-corrected chi connectivity index (χ4v) is 2.74. The Morgan fingerprint density at radius 2 is 1.79 bits per heavy atom. The summed E-state index contributed by atoms with van der Waals surface area (Å²) < 4.78 is 39.7. The molecule has 1 amide bonds. The van der Waals surface area contributed by atoms with E-state index in [1.54, 1.807) is 12.4 Å². The molecule has 0 saturated carbocycles. The average molecular weight is 385 g/mol. The van der Waals surface area contributed by atoms with E-state index in [4.69, 9.17) is 0 Å². The van der Waals surface area contributed by atoms with E-state index < -0.39 is 17.8 Å². The molecule has 0 saturated heterocycles. The maximum absolute atomic E-state index is 12.6. The first-order valence-corrected chi connectivity index (χ1v) is 8.52. The Hall–Kier alpha value is -3.35. The molecule has 4 nitrogen and oxygen atoms in total. The highest BCUT2D eigenvalue weighted by Gasteiger charge is 2.29. The summed E-state index contributed by atoms with van der Waals surface area (Å²) in [6.07, 6.45) is 1.81. The second-order valence-electron chi connectivity index (χ2n) is 6.20. The zero-order chi connectivity index (χ0) is 20.1. The molecular weight excluding hydrogens is 367 g/mol. The molecule has 0 bridgehead atoms. The van der Waals surface area contributed by atoms with Crippen LogP contribution in [-0.2, 0) is 18.0 Å². The van der Waals surface area contributed by atoms with Crippen LogP contribution in [0.25, 0.3) is 6.08 Å². The summed E-state index contributed by atoms with van der Waals surface area (Å²) in [7, 11) is 1.84. The van der Waals surface area contributed by atoms with Crippen LogP contribution in [0.3, 0.4) is 0 Å². The summed E-state index contributed by atoms with van der Waals surface area (Å²) in [5, 5.41) is 2.89. The molecule has 1 atom stereocenters. The number of carbonyl (C=O) groups is 1. The number of hydrogen-bond acceptors (Lipinski definition) is 2. The predicted octanol–water partition coefficient (Wildman–Crippen LogP) is 4.36. The van der Waals surface area contributed by atoms with Crippen molar-refractivity contribution in [3.05, 3.63) is 95.6 Å². The van der Waals surface area contributed by atoms with Gasteiger partial charge >= 0.3 is 6.18 Å². The summed E-state index contributed by atoms with van der Waals surface area (Å²) >= 11 is 0. The topological polar surface area (TPSA) is 46.9 Å². The van der Waals surface area contributed by atoms with Crippen LogP contribution in [0.5, 0.6) is 0 Å². The molecule has 3 rings (SSSR count). The summed E-state index contributed by atoms with van der Waals surface area (Å²) in [5.41, 5.74) is 0.637. The third-order valence-electron chi connectivity index (χ3n) is 4.20. The first kappa shape index (κ1) is 19.4. The highest BCUT2D eigenvalue weighted by atomic mass is 19.4. The number of nitrogens with one attached hydrogen (secondary N) is 1. The Bertz CT molecular complexity index is 961. The van der Waals surface area contributed by atoms with E-state index in [1.165, 1.54) is 24.3 Å². The van der Waals surface area contributed by atoms with Crippen molar-refractivity contribution in [3.8, 4) is 0 Å². The molecule has 1 unspecified atom stereocenters. The van der Waals surface area contributed by atoms with E-state index in [1.807, 2.05) is 41.9 Å². The van der Waals surface area contributed by atoms with Gasteiger partial charge in [-0.1, -0.05) is 42.5 Å². The molecule has 3 aromatic rings. The van der Waals surface area contributed by atoms with Gasteiger partial charge in [0.15, 0.2) is 0 Å². The molecule has 1 heterocycles. The smallest absolute Gasteiger partial charge is 0.339 e. The van der Waals surface area contributed by atoms with Gasteiger partial charge in [0, 0.05) is 25.5 Å². The molecule has 28 heavy (non-hydrogen) atoms. The number of aryl methyl sites for hydroxylation is 1. The van der Waals surface area contributed by atoms with Gasteiger partial charge in [-0.3, -0.25) is 4.79 Å². The first-order chi connectivity index (χ1) is 13.3. The van der Waals surface area contributed by atoms with Crippen LogP contribution in [-0.4, -0.2) is 15.5 Å². The summed E-state index contributed by atoms with van der Waals surface area (Å²) in [6, 6.07) is 13.6. The highest BCUT2D eigenvalue weighted by Crippen LogP contribution is 2.29. The van der Waals surface area contributed by atoms with Gasteiger partial charge in [0.2, 0.25) is 5.91 Å². The lowest BCUT2D eigenvalue weighted by Gasteiger charge is -2.18. The predicted molar refractivity (Wildman–Crippen MR) is 100 cm³/mol. The number of aromatic nitrogens is 2. The number of imidazole rings is 1. The third kappa shape index (κ3) is 4.68. The molecule has 1 N–H and O–H groups in total. The highest BCUT2D eigenvalue weighted by molar-refractivity contribution is 5.92. The van der Waals surface area contributed by atoms with E-state index >= 15 is 0 Å². The molecule has 0 aliphatic heterocycles. The summed E-state index contributed by atoms with van der Waals surface area (Å²) in [5.74, 6) is 0.291. The van der Waals surface area contributed by atoms with Gasteiger partial charge in [0.25, 0.3) is 0 Å². The van der Waals surface area contributed by atoms with E-state index in [-0.39, 0.29) is 5.91 Å². The molecule has 2 aromatic carbocycles. The summed E-state index contributed by atoms with van der Waals surface area (Å²) in [6.45, 7) is 0. The minimum absolute atomic E-state index is 0.378. The van der Waals surface area contributed by atoms with Crippen molar-refractivity contribution in [2.45, 2.75) is 12.2 Å². The van der Waals surface area contributed by atoms with Crippen LogP contribution < -0.4 is 5.32 Å². The van der Waals surface area contributed by atoms with Crippen molar-refractivity contribution >= 4 is 12.0 Å². The lowest BCUT2D eigenvalue weighted by atomic mass is 10.1. The number of carbonyl (C=O) groups excluding carboxylic acids is 1. The zero-order valence-electron chi connectivity index (χ0n) is 15.0. The fourth-order valence-electron chi connectivity index (χ4n) is 2.74. The first-order valence-electron chi connectivity index (χ1n) is 8.52. The van der Waals surface area contributed by atoms with Gasteiger partial charge in [-0.05, 0) is 29.3 Å². The van der Waals surface area contributed by atoms with Gasteiger partial charge in [-0.2, -0.15) is 13.2 Å². The Kier molecular flexibility index (Phi) is 5.63. The molecule has 1 aromatic heterocycles. The van der Waals surface area contributed by atoms with Crippen LogP contribution in [0, 0.1) is 0 Å². The van der Waals surface area contributed by atoms with Crippen molar-refractivity contribution < 1.29 is 18.0 Å². The second kappa shape index (κ2) is 8.12. The molecule has 0 aliphatic rings. The number of halogens is 3. The average Bonchev–Trinajstić information content (AvgIpc) is 3.10. The Morgan fingerprint density at radius 1 is 1.11 bits per heavy atom. The lowest BCUT2D eigenvalue weighted by Crippen LogP contribution is -2.29. The summed E-state index contributed by atoms with van der Waals surface area (Å²) in [4.78, 5) is 16.7. The Labute approximate surface area is 160 Å². The van der Waals surface area contributed by atoms with Crippen LogP contribution in [0.4, 0.5) is 13.2 Å². The van der Waals surface area contributed by atoms with Gasteiger partial charge in [0.05, 0.1) is 5.56 Å². The quantitative estimate of drug-likeness (QED) is 0.664. The minimum atomic E-state index is -4.38. The standard InChI is InChI=1S/C21H18F3N3O/c1-27-14-13-25-20(27)19(16-5-3-2-4-6-16)26-18(28)12-9-15-7-10-17(11-8-15)21(22,23)24/h2-14,19H,1H3,(H,26,28)/b12-9+. The van der Waals surface area contributed by atoms with E-state index in [0.29, 0.717) is 11.4 Å². The number of nitrogens with zero attached hydrogens (tertiary/aromatic N) is 2. The maximum atomic E-state index is 12.6. The van der Waals surface area contributed by atoms with E-state index in [2.05, 4.69) is 10.3 Å². The van der Waals surface area contributed by atoms with Crippen molar-refractivity contribution in [1.29, 1.82) is 0 Å². The van der Waals surface area contributed by atoms with Crippen molar-refractivity contribution in [1.82, 2.24) is 14.9 Å². The number of alkyl halides is 3. The van der Waals surface area contributed by atoms with Crippen molar-refractivity contribution in [3.63, 3.8) is 0 Å². The second-order valence-corrected chi connectivity index (χ2v) is 6.20. The Balaban J connectivity index is 1.76. The van der Waals surface area contributed by atoms with Crippen LogP contribution in [0.1, 0.15) is 28.6 Å². The number of hydrogen-bond donors (Lipinski definition) is 1. The molecule has 0 fully saturated rings. The normalized spacial score (nSPS) is 12.9. The SMILES string of the molecule is Cn1ccnc1C(NC(=O)/C=C/c1ccc(C(F)(F)F)cc1)c1ccccc1. The monoisotopic (exact) mass is 385 g/mol.